The second-order valence-corrected chi connectivity index (χ2v) is 18.2. The summed E-state index contributed by atoms with van der Waals surface area (Å²) in [5, 5.41) is 13.5. The van der Waals surface area contributed by atoms with E-state index in [1.54, 1.807) is 4.90 Å². The zero-order valence-electron chi connectivity index (χ0n) is 41.2. The number of amides is 6. The largest absolute Gasteiger partial charge is 0.395 e. The lowest BCUT2D eigenvalue weighted by Gasteiger charge is -2.35. The Hall–Kier alpha value is -6.46. The number of benzene rings is 4. The van der Waals surface area contributed by atoms with Crippen LogP contribution in [0, 0.1) is 0 Å². The number of unbranched alkanes of at least 4 members (excludes halogenated alkanes) is 2. The molecule has 1 aliphatic rings. The van der Waals surface area contributed by atoms with Gasteiger partial charge in [0.15, 0.2) is 0 Å². The molecule has 0 heterocycles. The summed E-state index contributed by atoms with van der Waals surface area (Å²) in [5.41, 5.74) is 21.0. The van der Waals surface area contributed by atoms with Crippen LogP contribution in [0.25, 0.3) is 0 Å². The first-order valence-electron chi connectivity index (χ1n) is 25.1. The van der Waals surface area contributed by atoms with Gasteiger partial charge >= 0.3 is 0 Å². The van der Waals surface area contributed by atoms with Crippen molar-refractivity contribution >= 4 is 35.4 Å². The molecule has 8 N–H and O–H groups in total. The number of hydrogen-bond donors (Lipinski definition) is 5. The maximum atomic E-state index is 15.0. The van der Waals surface area contributed by atoms with E-state index in [0.29, 0.717) is 58.2 Å². The molecule has 1 aliphatic carbocycles. The number of hydrogen-bond acceptors (Lipinski definition) is 10. The van der Waals surface area contributed by atoms with Crippen molar-refractivity contribution in [2.24, 2.45) is 17.2 Å². The van der Waals surface area contributed by atoms with Crippen LogP contribution < -0.4 is 22.5 Å². The molecule has 6 amide bonds. The lowest BCUT2D eigenvalue weighted by atomic mass is 9.90. The summed E-state index contributed by atoms with van der Waals surface area (Å²) < 4.78 is 0. The molecule has 16 heteroatoms. The highest BCUT2D eigenvalue weighted by atomic mass is 16.3. The average molecular weight is 974 g/mol. The number of aliphatic hydroxyl groups excluding tert-OH is 1. The van der Waals surface area contributed by atoms with Gasteiger partial charge in [0.25, 0.3) is 0 Å². The van der Waals surface area contributed by atoms with Gasteiger partial charge in [0.1, 0.15) is 6.54 Å². The van der Waals surface area contributed by atoms with E-state index < -0.39 is 48.5 Å². The van der Waals surface area contributed by atoms with Crippen LogP contribution in [0.4, 0.5) is 0 Å². The Labute approximate surface area is 419 Å². The molecular weight excluding hydrogens is 899 g/mol. The molecular formula is C55H75N9O7. The fraction of sp³-hybridized carbons (Fsp3) is 0.455. The Kier molecular flexibility index (Phi) is 23.7. The number of rotatable bonds is 31. The van der Waals surface area contributed by atoms with Gasteiger partial charge in [-0.25, -0.2) is 0 Å². The number of carbonyl (C=O) groups excluding carboxylic acids is 6. The summed E-state index contributed by atoms with van der Waals surface area (Å²) >= 11 is 0. The molecule has 0 unspecified atom stereocenters. The number of nitrogens with one attached hydrogen (secondary N) is 1. The molecule has 0 saturated heterocycles. The van der Waals surface area contributed by atoms with Crippen LogP contribution in [0.3, 0.4) is 0 Å². The van der Waals surface area contributed by atoms with Gasteiger partial charge in [0.2, 0.25) is 35.4 Å². The minimum absolute atomic E-state index is 0.0521. The fourth-order valence-corrected chi connectivity index (χ4v) is 9.22. The topological polar surface area (TPSA) is 229 Å². The molecule has 0 aliphatic heterocycles. The molecule has 0 atom stereocenters. The van der Waals surface area contributed by atoms with Crippen molar-refractivity contribution < 1.29 is 33.9 Å². The second-order valence-electron chi connectivity index (χ2n) is 18.2. The highest BCUT2D eigenvalue weighted by molar-refractivity contribution is 5.92. The van der Waals surface area contributed by atoms with Crippen molar-refractivity contribution in [3.05, 3.63) is 144 Å². The van der Waals surface area contributed by atoms with Gasteiger partial charge in [-0.15, -0.1) is 0 Å². The summed E-state index contributed by atoms with van der Waals surface area (Å²) in [4.78, 5) is 91.2. The van der Waals surface area contributed by atoms with E-state index >= 15 is 0 Å². The van der Waals surface area contributed by atoms with Crippen molar-refractivity contribution in [3.63, 3.8) is 0 Å². The molecule has 1 fully saturated rings. The van der Waals surface area contributed by atoms with Crippen molar-refractivity contribution in [2.45, 2.75) is 69.2 Å². The van der Waals surface area contributed by atoms with E-state index in [2.05, 4.69) is 5.32 Å². The summed E-state index contributed by atoms with van der Waals surface area (Å²) in [5.74, 6) is -3.34. The molecule has 382 valence electrons. The zero-order chi connectivity index (χ0) is 50.8. The maximum absolute atomic E-state index is 15.0. The Morgan fingerprint density at radius 3 is 1.37 bits per heavy atom. The Morgan fingerprint density at radius 1 is 0.507 bits per heavy atom. The fourth-order valence-electron chi connectivity index (χ4n) is 9.22. The van der Waals surface area contributed by atoms with Gasteiger partial charge in [-0.2, -0.15) is 0 Å². The van der Waals surface area contributed by atoms with E-state index in [9.17, 15) is 33.9 Å². The van der Waals surface area contributed by atoms with E-state index in [1.165, 1.54) is 19.6 Å². The van der Waals surface area contributed by atoms with Gasteiger partial charge in [0, 0.05) is 50.6 Å². The second kappa shape index (κ2) is 30.3. The highest BCUT2D eigenvalue weighted by Gasteiger charge is 2.34. The van der Waals surface area contributed by atoms with Crippen LogP contribution in [-0.4, -0.2) is 163 Å². The third-order valence-corrected chi connectivity index (χ3v) is 13.1. The molecule has 4 aromatic carbocycles. The van der Waals surface area contributed by atoms with Crippen LogP contribution in [0.5, 0.6) is 0 Å². The van der Waals surface area contributed by atoms with Gasteiger partial charge in [-0.1, -0.05) is 134 Å². The summed E-state index contributed by atoms with van der Waals surface area (Å²) in [7, 11) is 0. The number of nitrogens with two attached hydrogens (primary N) is 3. The number of primary amides is 1. The lowest BCUT2D eigenvalue weighted by molar-refractivity contribution is -0.148. The van der Waals surface area contributed by atoms with Crippen LogP contribution in [0.1, 0.15) is 85.5 Å². The normalized spacial score (nSPS) is 12.5. The van der Waals surface area contributed by atoms with Gasteiger partial charge in [-0.3, -0.25) is 28.8 Å². The third-order valence-electron chi connectivity index (χ3n) is 13.1. The van der Waals surface area contributed by atoms with Crippen LogP contribution in [0.15, 0.2) is 121 Å². The first-order valence-corrected chi connectivity index (χ1v) is 25.1. The lowest BCUT2D eigenvalue weighted by Crippen LogP contribution is -2.54. The van der Waals surface area contributed by atoms with Crippen molar-refractivity contribution in [1.82, 2.24) is 29.8 Å². The van der Waals surface area contributed by atoms with Crippen LogP contribution in [-0.2, 0) is 28.8 Å². The number of aliphatic hydroxyl groups is 1. The maximum Gasteiger partial charge on any atom is 0.242 e. The van der Waals surface area contributed by atoms with E-state index in [1.807, 2.05) is 121 Å². The quantitative estimate of drug-likeness (QED) is 0.0463. The number of nitrogens with zero attached hydrogens (tertiary/aromatic N) is 5. The van der Waals surface area contributed by atoms with E-state index in [0.717, 1.165) is 35.1 Å². The smallest absolute Gasteiger partial charge is 0.242 e. The minimum Gasteiger partial charge on any atom is -0.395 e. The van der Waals surface area contributed by atoms with Gasteiger partial charge in [0.05, 0.1) is 39.3 Å². The van der Waals surface area contributed by atoms with E-state index in [-0.39, 0.29) is 76.8 Å². The predicted molar refractivity (Wildman–Crippen MR) is 275 cm³/mol. The first kappa shape index (κ1) is 55.5. The monoisotopic (exact) mass is 974 g/mol. The summed E-state index contributed by atoms with van der Waals surface area (Å²) in [6.07, 6.45) is 5.31. The van der Waals surface area contributed by atoms with Crippen molar-refractivity contribution in [2.75, 3.05) is 91.7 Å². The van der Waals surface area contributed by atoms with Crippen LogP contribution >= 0.6 is 0 Å². The SMILES string of the molecule is NCCCCN(CC(N)=O)C(=O)CN(CCCCN)C(=O)CN(C(=O)CN(CC(c1ccccc1)c1ccccc1)C(=O)CN(CCO)C(=O)CNCC(c1ccccc1)c1ccccc1)C1CCCC1. The van der Waals surface area contributed by atoms with Crippen molar-refractivity contribution in [3.8, 4) is 0 Å². The molecule has 0 radical (unpaired) electrons. The molecule has 16 nitrogen and oxygen atoms in total. The third kappa shape index (κ3) is 18.0. The Balaban J connectivity index is 1.41. The molecule has 0 spiro atoms. The van der Waals surface area contributed by atoms with E-state index in [4.69, 9.17) is 17.2 Å². The molecule has 0 bridgehead atoms. The average Bonchev–Trinajstić information content (AvgIpc) is 3.93. The Bertz CT molecular complexity index is 2160. The zero-order valence-corrected chi connectivity index (χ0v) is 41.2. The molecule has 1 saturated carbocycles. The highest BCUT2D eigenvalue weighted by Crippen LogP contribution is 2.28. The Morgan fingerprint density at radius 2 is 0.915 bits per heavy atom. The van der Waals surface area contributed by atoms with Gasteiger partial charge < -0.3 is 52.1 Å². The summed E-state index contributed by atoms with van der Waals surface area (Å²) in [6.45, 7) is -0.620. The predicted octanol–water partition coefficient (Wildman–Crippen LogP) is 3.28. The molecule has 5 rings (SSSR count). The van der Waals surface area contributed by atoms with Gasteiger partial charge in [-0.05, 0) is 73.9 Å². The summed E-state index contributed by atoms with van der Waals surface area (Å²) in [6, 6.07) is 39.1. The minimum atomic E-state index is -0.678. The standard InChI is InChI=1S/C55H75N9O7/c56-29-15-17-31-60(38-50(58)66)52(68)39-61(32-18-16-30-57)54(70)42-64(47-27-13-14-28-47)55(71)41-63(37-49(45-23-9-3-10-24-45)46-25-11-4-12-26-46)53(69)40-62(33-34-65)51(67)36-59-35-48(43-19-5-1-6-20-43)44-21-7-2-8-22-44/h1-12,19-26,47-49,59,65H,13-18,27-42,56-57H2,(H2,58,66). The van der Waals surface area contributed by atoms with Crippen molar-refractivity contribution in [1.29, 1.82) is 0 Å². The number of carbonyl (C=O) groups is 6. The first-order chi connectivity index (χ1) is 34.5. The molecule has 0 aromatic heterocycles. The van der Waals surface area contributed by atoms with Crippen LogP contribution in [0.2, 0.25) is 0 Å². The molecule has 71 heavy (non-hydrogen) atoms. The molecule has 4 aromatic rings.